The molecule has 2 amide bonds. The highest BCUT2D eigenvalue weighted by Crippen LogP contribution is 2.17. The first-order valence-corrected chi connectivity index (χ1v) is 9.14. The maximum Gasteiger partial charge on any atom is 0.322 e. The molecule has 0 saturated carbocycles. The Bertz CT molecular complexity index is 521. The van der Waals surface area contributed by atoms with E-state index in [1.54, 1.807) is 4.90 Å². The van der Waals surface area contributed by atoms with Crippen molar-refractivity contribution in [1.29, 1.82) is 0 Å². The van der Waals surface area contributed by atoms with E-state index in [1.807, 2.05) is 24.7 Å². The van der Waals surface area contributed by atoms with Crippen LogP contribution in [0, 0.1) is 12.8 Å². The van der Waals surface area contributed by atoms with E-state index < -0.39 is 0 Å². The fourth-order valence-electron chi connectivity index (χ4n) is 2.93. The second-order valence-electron chi connectivity index (χ2n) is 7.21. The Morgan fingerprint density at radius 2 is 2.33 bits per heavy atom. The molecule has 0 spiro atoms. The molecule has 1 aliphatic heterocycles. The van der Waals surface area contributed by atoms with E-state index in [9.17, 15) is 4.79 Å². The Morgan fingerprint density at radius 1 is 1.54 bits per heavy atom. The largest absolute Gasteiger partial charge is 0.378 e. The van der Waals surface area contributed by atoms with Gasteiger partial charge in [-0.2, -0.15) is 5.10 Å². The summed E-state index contributed by atoms with van der Waals surface area (Å²) < 4.78 is 7.52. The lowest BCUT2D eigenvalue weighted by molar-refractivity contribution is 0.100. The number of urea groups is 1. The predicted octanol–water partition coefficient (Wildman–Crippen LogP) is 3.66. The number of aromatic nitrogens is 2. The van der Waals surface area contributed by atoms with Crippen molar-refractivity contribution in [3.63, 3.8) is 0 Å². The molecule has 1 N–H and O–H groups in total. The maximum atomic E-state index is 12.4. The summed E-state index contributed by atoms with van der Waals surface area (Å²) in [5, 5.41) is 7.47. The van der Waals surface area contributed by atoms with E-state index in [0.717, 1.165) is 56.9 Å². The van der Waals surface area contributed by atoms with Gasteiger partial charge in [0.1, 0.15) is 5.82 Å². The van der Waals surface area contributed by atoms with Crippen molar-refractivity contribution in [1.82, 2.24) is 14.7 Å². The van der Waals surface area contributed by atoms with Crippen molar-refractivity contribution in [2.75, 3.05) is 25.5 Å². The van der Waals surface area contributed by atoms with E-state index in [1.165, 1.54) is 6.42 Å². The van der Waals surface area contributed by atoms with Gasteiger partial charge in [-0.25, -0.2) is 9.48 Å². The van der Waals surface area contributed by atoms with Crippen molar-refractivity contribution in [3.05, 3.63) is 11.8 Å². The first-order valence-electron chi connectivity index (χ1n) is 9.14. The van der Waals surface area contributed by atoms with Crippen molar-refractivity contribution in [2.45, 2.75) is 65.5 Å². The Kier molecular flexibility index (Phi) is 7.09. The molecule has 6 nitrogen and oxygen atoms in total. The van der Waals surface area contributed by atoms with Gasteiger partial charge in [-0.15, -0.1) is 0 Å². The third-order valence-electron chi connectivity index (χ3n) is 4.45. The molecule has 24 heavy (non-hydrogen) atoms. The molecule has 136 valence electrons. The van der Waals surface area contributed by atoms with Gasteiger partial charge in [0.2, 0.25) is 0 Å². The summed E-state index contributed by atoms with van der Waals surface area (Å²) in [4.78, 5) is 14.1. The molecule has 1 aliphatic rings. The minimum absolute atomic E-state index is 0.0759. The Labute approximate surface area is 145 Å². The lowest BCUT2D eigenvalue weighted by Gasteiger charge is -2.19. The van der Waals surface area contributed by atoms with Crippen LogP contribution in [0.4, 0.5) is 10.6 Å². The summed E-state index contributed by atoms with van der Waals surface area (Å²) in [7, 11) is 1.84. The summed E-state index contributed by atoms with van der Waals surface area (Å²) in [5.74, 6) is 1.39. The highest BCUT2D eigenvalue weighted by molar-refractivity contribution is 5.88. The van der Waals surface area contributed by atoms with Gasteiger partial charge in [-0.3, -0.25) is 5.32 Å². The van der Waals surface area contributed by atoms with Crippen LogP contribution in [0.3, 0.4) is 0 Å². The van der Waals surface area contributed by atoms with Gasteiger partial charge < -0.3 is 9.64 Å². The fourth-order valence-corrected chi connectivity index (χ4v) is 2.93. The van der Waals surface area contributed by atoms with Gasteiger partial charge in [-0.05, 0) is 44.9 Å². The lowest BCUT2D eigenvalue weighted by atomic mass is 10.1. The number of hydrogen-bond donors (Lipinski definition) is 1. The molecule has 6 heteroatoms. The summed E-state index contributed by atoms with van der Waals surface area (Å²) in [6.07, 6.45) is 5.76. The number of amides is 2. The summed E-state index contributed by atoms with van der Waals surface area (Å²) in [6, 6.07) is 1.85. The van der Waals surface area contributed by atoms with E-state index >= 15 is 0 Å². The van der Waals surface area contributed by atoms with Crippen LogP contribution < -0.4 is 5.32 Å². The van der Waals surface area contributed by atoms with Crippen molar-refractivity contribution in [3.8, 4) is 0 Å². The maximum absolute atomic E-state index is 12.4. The van der Waals surface area contributed by atoms with Gasteiger partial charge >= 0.3 is 6.03 Å². The number of hydrogen-bond acceptors (Lipinski definition) is 3. The second-order valence-corrected chi connectivity index (χ2v) is 7.21. The fraction of sp³-hybridized carbons (Fsp3) is 0.778. The van der Waals surface area contributed by atoms with E-state index in [-0.39, 0.29) is 6.03 Å². The molecule has 1 aromatic rings. The molecule has 2 heterocycles. The summed E-state index contributed by atoms with van der Waals surface area (Å²) in [6.45, 7) is 8.79. The van der Waals surface area contributed by atoms with E-state index in [0.29, 0.717) is 12.0 Å². The molecule has 0 radical (unpaired) electrons. The zero-order valence-corrected chi connectivity index (χ0v) is 15.5. The minimum Gasteiger partial charge on any atom is -0.378 e. The molecule has 0 aromatic carbocycles. The molecule has 0 bridgehead atoms. The Morgan fingerprint density at radius 3 is 3.00 bits per heavy atom. The summed E-state index contributed by atoms with van der Waals surface area (Å²) in [5.41, 5.74) is 0.926. The number of aryl methyl sites for hydroxylation is 2. The smallest absolute Gasteiger partial charge is 0.322 e. The first-order chi connectivity index (χ1) is 11.5. The quantitative estimate of drug-likeness (QED) is 0.788. The van der Waals surface area contributed by atoms with Gasteiger partial charge in [0.25, 0.3) is 0 Å². The molecule has 1 saturated heterocycles. The van der Waals surface area contributed by atoms with Crippen LogP contribution in [0.15, 0.2) is 6.07 Å². The van der Waals surface area contributed by atoms with Crippen LogP contribution in [0.5, 0.6) is 0 Å². The average molecular weight is 336 g/mol. The van der Waals surface area contributed by atoms with E-state index in [2.05, 4.69) is 24.3 Å². The number of rotatable bonds is 8. The molecule has 2 rings (SSSR count). The first kappa shape index (κ1) is 18.8. The number of carbonyl (C=O) groups excluding carboxylic acids is 1. The summed E-state index contributed by atoms with van der Waals surface area (Å²) >= 11 is 0. The highest BCUT2D eigenvalue weighted by atomic mass is 16.5. The minimum atomic E-state index is -0.0759. The SMILES string of the molecule is Cc1cc(NC(=O)N(C)CCC[C@H]2CCCO2)n(CCC(C)C)n1. The molecule has 0 unspecified atom stereocenters. The second kappa shape index (κ2) is 9.06. The van der Waals surface area contributed by atoms with Crippen molar-refractivity contribution >= 4 is 11.8 Å². The number of carbonyl (C=O) groups is 1. The predicted molar refractivity (Wildman–Crippen MR) is 96.3 cm³/mol. The zero-order chi connectivity index (χ0) is 17.5. The molecule has 1 aromatic heterocycles. The van der Waals surface area contributed by atoms with Gasteiger partial charge in [0.05, 0.1) is 11.8 Å². The number of nitrogens with one attached hydrogen (secondary N) is 1. The van der Waals surface area contributed by atoms with Gasteiger partial charge in [-0.1, -0.05) is 13.8 Å². The van der Waals surface area contributed by atoms with Crippen molar-refractivity contribution in [2.24, 2.45) is 5.92 Å². The highest BCUT2D eigenvalue weighted by Gasteiger charge is 2.17. The molecule has 0 aliphatic carbocycles. The van der Waals surface area contributed by atoms with Crippen LogP contribution in [0.1, 0.15) is 51.6 Å². The molecular formula is C18H32N4O2. The Balaban J connectivity index is 1.79. The molecular weight excluding hydrogens is 304 g/mol. The lowest BCUT2D eigenvalue weighted by Crippen LogP contribution is -2.33. The molecule has 1 fully saturated rings. The van der Waals surface area contributed by atoms with Crippen molar-refractivity contribution < 1.29 is 9.53 Å². The van der Waals surface area contributed by atoms with Crippen LogP contribution in [-0.4, -0.2) is 47.0 Å². The van der Waals surface area contributed by atoms with Crippen LogP contribution in [0.2, 0.25) is 0 Å². The average Bonchev–Trinajstić information content (AvgIpc) is 3.14. The van der Waals surface area contributed by atoms with E-state index in [4.69, 9.17) is 4.74 Å². The van der Waals surface area contributed by atoms with Crippen LogP contribution >= 0.6 is 0 Å². The third-order valence-corrected chi connectivity index (χ3v) is 4.45. The molecule has 1 atom stereocenters. The number of ether oxygens (including phenoxy) is 1. The number of nitrogens with zero attached hydrogens (tertiary/aromatic N) is 3. The standard InChI is InChI=1S/C18H32N4O2/c1-14(2)9-11-22-17(13-15(3)20-22)19-18(23)21(4)10-5-7-16-8-6-12-24-16/h13-14,16H,5-12H2,1-4H3,(H,19,23)/t16-/m0/s1. The topological polar surface area (TPSA) is 59.4 Å². The number of anilines is 1. The normalized spacial score (nSPS) is 17.5. The Hall–Kier alpha value is -1.56. The van der Waals surface area contributed by atoms with Crippen LogP contribution in [-0.2, 0) is 11.3 Å². The van der Waals surface area contributed by atoms with Gasteiger partial charge in [0, 0.05) is 32.8 Å². The van der Waals surface area contributed by atoms with Gasteiger partial charge in [0.15, 0.2) is 0 Å². The third kappa shape index (κ3) is 5.82. The monoisotopic (exact) mass is 336 g/mol. The zero-order valence-electron chi connectivity index (χ0n) is 15.5. The van der Waals surface area contributed by atoms with Crippen LogP contribution in [0.25, 0.3) is 0 Å².